The molecule has 1 amide bonds. The lowest BCUT2D eigenvalue weighted by Gasteiger charge is -2.36. The van der Waals surface area contributed by atoms with Gasteiger partial charge < -0.3 is 25.0 Å². The third-order valence-corrected chi connectivity index (χ3v) is 3.41. The molecule has 2 N–H and O–H groups in total. The van der Waals surface area contributed by atoms with Crippen LogP contribution in [-0.4, -0.2) is 73.4 Å². The third kappa shape index (κ3) is 8.06. The van der Waals surface area contributed by atoms with Crippen molar-refractivity contribution in [1.82, 2.24) is 9.80 Å². The first-order valence-corrected chi connectivity index (χ1v) is 8.44. The number of unbranched alkanes of at least 4 members (excludes halogenated alkanes) is 1. The summed E-state index contributed by atoms with van der Waals surface area (Å²) < 4.78 is 10.8. The van der Waals surface area contributed by atoms with Gasteiger partial charge in [0.05, 0.1) is 13.2 Å². The van der Waals surface area contributed by atoms with Gasteiger partial charge in [0, 0.05) is 32.8 Å². The standard InChI is InChI=1S/C16H32N4O3/c1-5-6-12-22-13-7-18-14(17)19-8-10-20(11-9-19)15(21)23-16(2,3)4/h5-13H2,1-4H3,(H2,17,18). The van der Waals surface area contributed by atoms with Gasteiger partial charge >= 0.3 is 6.09 Å². The Morgan fingerprint density at radius 3 is 2.30 bits per heavy atom. The van der Waals surface area contributed by atoms with E-state index < -0.39 is 5.60 Å². The maximum absolute atomic E-state index is 12.0. The molecule has 7 heteroatoms. The van der Waals surface area contributed by atoms with Gasteiger partial charge in [-0.3, -0.25) is 4.99 Å². The first-order valence-electron chi connectivity index (χ1n) is 8.44. The minimum Gasteiger partial charge on any atom is -0.444 e. The summed E-state index contributed by atoms with van der Waals surface area (Å²) >= 11 is 0. The number of rotatable bonds is 6. The van der Waals surface area contributed by atoms with Gasteiger partial charge in [-0.25, -0.2) is 4.79 Å². The largest absolute Gasteiger partial charge is 0.444 e. The summed E-state index contributed by atoms with van der Waals surface area (Å²) in [7, 11) is 0. The summed E-state index contributed by atoms with van der Waals surface area (Å²) in [6.07, 6.45) is 1.94. The van der Waals surface area contributed by atoms with Gasteiger partial charge in [-0.1, -0.05) is 13.3 Å². The monoisotopic (exact) mass is 328 g/mol. The van der Waals surface area contributed by atoms with Gasteiger partial charge in [0.15, 0.2) is 5.96 Å². The number of aliphatic imine (C=N–C) groups is 1. The van der Waals surface area contributed by atoms with Gasteiger partial charge in [0.2, 0.25) is 0 Å². The molecule has 7 nitrogen and oxygen atoms in total. The normalized spacial score (nSPS) is 16.6. The molecule has 1 fully saturated rings. The Morgan fingerprint density at radius 2 is 1.74 bits per heavy atom. The van der Waals surface area contributed by atoms with E-state index in [0.29, 0.717) is 45.3 Å². The highest BCUT2D eigenvalue weighted by Crippen LogP contribution is 2.11. The van der Waals surface area contributed by atoms with Crippen LogP contribution in [0.3, 0.4) is 0 Å². The van der Waals surface area contributed by atoms with Crippen molar-refractivity contribution in [2.24, 2.45) is 10.7 Å². The second-order valence-electron chi connectivity index (χ2n) is 6.66. The van der Waals surface area contributed by atoms with Crippen molar-refractivity contribution in [3.63, 3.8) is 0 Å². The molecule has 1 aliphatic heterocycles. The van der Waals surface area contributed by atoms with Crippen LogP contribution in [0.1, 0.15) is 40.5 Å². The quantitative estimate of drug-likeness (QED) is 0.456. The Bertz CT molecular complexity index is 385. The van der Waals surface area contributed by atoms with E-state index in [9.17, 15) is 4.79 Å². The SMILES string of the molecule is CCCCOCCN=C(N)N1CCN(C(=O)OC(C)(C)C)CC1. The van der Waals surface area contributed by atoms with Crippen LogP contribution in [0.5, 0.6) is 0 Å². The lowest BCUT2D eigenvalue weighted by atomic mass is 10.2. The van der Waals surface area contributed by atoms with Crippen LogP contribution in [0.15, 0.2) is 4.99 Å². The Balaban J connectivity index is 2.28. The Morgan fingerprint density at radius 1 is 1.13 bits per heavy atom. The maximum atomic E-state index is 12.0. The highest BCUT2D eigenvalue weighted by Gasteiger charge is 2.26. The van der Waals surface area contributed by atoms with Crippen molar-refractivity contribution in [3.8, 4) is 0 Å². The minimum atomic E-state index is -0.466. The summed E-state index contributed by atoms with van der Waals surface area (Å²) in [5.74, 6) is 0.521. The number of piperazine rings is 1. The number of hydrogen-bond acceptors (Lipinski definition) is 4. The second-order valence-corrected chi connectivity index (χ2v) is 6.66. The topological polar surface area (TPSA) is 80.4 Å². The smallest absolute Gasteiger partial charge is 0.410 e. The molecule has 1 heterocycles. The summed E-state index contributed by atoms with van der Waals surface area (Å²) in [5.41, 5.74) is 5.53. The molecule has 0 aromatic carbocycles. The van der Waals surface area contributed by atoms with Crippen LogP contribution >= 0.6 is 0 Å². The maximum Gasteiger partial charge on any atom is 0.410 e. The fraction of sp³-hybridized carbons (Fsp3) is 0.875. The van der Waals surface area contributed by atoms with Crippen molar-refractivity contribution < 1.29 is 14.3 Å². The summed E-state index contributed by atoms with van der Waals surface area (Å²) in [5, 5.41) is 0. The highest BCUT2D eigenvalue weighted by atomic mass is 16.6. The van der Waals surface area contributed by atoms with E-state index in [4.69, 9.17) is 15.2 Å². The van der Waals surface area contributed by atoms with Gasteiger partial charge in [-0.2, -0.15) is 0 Å². The van der Waals surface area contributed by atoms with E-state index in [1.54, 1.807) is 4.90 Å². The number of ether oxygens (including phenoxy) is 2. The summed E-state index contributed by atoms with van der Waals surface area (Å²) in [6.45, 7) is 12.2. The Labute approximate surface area is 139 Å². The summed E-state index contributed by atoms with van der Waals surface area (Å²) in [4.78, 5) is 20.0. The fourth-order valence-electron chi connectivity index (χ4n) is 2.12. The first kappa shape index (κ1) is 19.5. The van der Waals surface area contributed by atoms with Gasteiger partial charge in [-0.15, -0.1) is 0 Å². The molecular formula is C16H32N4O3. The lowest BCUT2D eigenvalue weighted by Crippen LogP contribution is -2.53. The molecule has 0 saturated carbocycles. The van der Waals surface area contributed by atoms with Crippen LogP contribution in [-0.2, 0) is 9.47 Å². The zero-order valence-electron chi connectivity index (χ0n) is 15.0. The van der Waals surface area contributed by atoms with Gasteiger partial charge in [0.1, 0.15) is 5.60 Å². The molecule has 0 aliphatic carbocycles. The number of guanidine groups is 1. The zero-order chi connectivity index (χ0) is 17.3. The first-order chi connectivity index (χ1) is 10.8. The fourth-order valence-corrected chi connectivity index (χ4v) is 2.12. The number of amides is 1. The van der Waals surface area contributed by atoms with E-state index in [1.807, 2.05) is 25.7 Å². The van der Waals surface area contributed by atoms with Crippen molar-refractivity contribution in [2.75, 3.05) is 45.9 Å². The van der Waals surface area contributed by atoms with E-state index >= 15 is 0 Å². The molecule has 134 valence electrons. The number of carbonyl (C=O) groups is 1. The van der Waals surface area contributed by atoms with Crippen molar-refractivity contribution >= 4 is 12.1 Å². The lowest BCUT2D eigenvalue weighted by molar-refractivity contribution is 0.0186. The van der Waals surface area contributed by atoms with E-state index in [0.717, 1.165) is 19.4 Å². The average molecular weight is 328 g/mol. The van der Waals surface area contributed by atoms with Crippen molar-refractivity contribution in [3.05, 3.63) is 0 Å². The molecule has 23 heavy (non-hydrogen) atoms. The number of nitrogens with zero attached hydrogens (tertiary/aromatic N) is 3. The second kappa shape index (κ2) is 9.60. The molecular weight excluding hydrogens is 296 g/mol. The van der Waals surface area contributed by atoms with Crippen LogP contribution < -0.4 is 5.73 Å². The Kier molecular flexibility index (Phi) is 8.16. The molecule has 1 aliphatic rings. The van der Waals surface area contributed by atoms with E-state index in [2.05, 4.69) is 11.9 Å². The predicted octanol–water partition coefficient (Wildman–Crippen LogP) is 1.67. The molecule has 0 aromatic heterocycles. The third-order valence-electron chi connectivity index (χ3n) is 3.41. The van der Waals surface area contributed by atoms with Crippen LogP contribution in [0.25, 0.3) is 0 Å². The number of carbonyl (C=O) groups excluding carboxylic acids is 1. The summed E-state index contributed by atoms with van der Waals surface area (Å²) in [6, 6.07) is 0. The van der Waals surface area contributed by atoms with Crippen LogP contribution in [0, 0.1) is 0 Å². The number of hydrogen-bond donors (Lipinski definition) is 1. The molecule has 0 bridgehead atoms. The molecule has 0 spiro atoms. The zero-order valence-corrected chi connectivity index (χ0v) is 15.0. The van der Waals surface area contributed by atoms with Gasteiger partial charge in [-0.05, 0) is 27.2 Å². The predicted molar refractivity (Wildman–Crippen MR) is 91.6 cm³/mol. The Hall–Kier alpha value is -1.50. The molecule has 0 unspecified atom stereocenters. The molecule has 1 saturated heterocycles. The van der Waals surface area contributed by atoms with Crippen LogP contribution in [0.4, 0.5) is 4.79 Å². The van der Waals surface area contributed by atoms with E-state index in [1.165, 1.54) is 0 Å². The van der Waals surface area contributed by atoms with Crippen LogP contribution in [0.2, 0.25) is 0 Å². The highest BCUT2D eigenvalue weighted by molar-refractivity contribution is 5.78. The van der Waals surface area contributed by atoms with Crippen molar-refractivity contribution in [1.29, 1.82) is 0 Å². The van der Waals surface area contributed by atoms with Crippen molar-refractivity contribution in [2.45, 2.75) is 46.1 Å². The van der Waals surface area contributed by atoms with Gasteiger partial charge in [0.25, 0.3) is 0 Å². The molecule has 0 aromatic rings. The molecule has 0 atom stereocenters. The number of nitrogens with two attached hydrogens (primary N) is 1. The van der Waals surface area contributed by atoms with E-state index in [-0.39, 0.29) is 6.09 Å². The average Bonchev–Trinajstić information content (AvgIpc) is 2.49. The minimum absolute atomic E-state index is 0.267. The molecule has 0 radical (unpaired) electrons. The molecule has 1 rings (SSSR count).